The maximum atomic E-state index is 5.96. The summed E-state index contributed by atoms with van der Waals surface area (Å²) >= 11 is 5.96. The molecule has 0 aliphatic carbocycles. The average molecular weight is 357 g/mol. The summed E-state index contributed by atoms with van der Waals surface area (Å²) in [6, 6.07) is 9.80. The highest BCUT2D eigenvalue weighted by Crippen LogP contribution is 2.23. The molecule has 0 saturated carbocycles. The van der Waals surface area contributed by atoms with E-state index in [1.54, 1.807) is 6.20 Å². The molecule has 6 heteroatoms. The van der Waals surface area contributed by atoms with Crippen molar-refractivity contribution in [2.45, 2.75) is 19.3 Å². The van der Waals surface area contributed by atoms with Crippen LogP contribution in [0.15, 0.2) is 36.5 Å². The predicted molar refractivity (Wildman–Crippen MR) is 100 cm³/mol. The molecule has 0 bridgehead atoms. The molecule has 1 aliphatic heterocycles. The van der Waals surface area contributed by atoms with Gasteiger partial charge in [0.15, 0.2) is 5.65 Å². The summed E-state index contributed by atoms with van der Waals surface area (Å²) in [6.45, 7) is 4.13. The minimum atomic E-state index is 0.586. The normalized spacial score (nSPS) is 15.6. The summed E-state index contributed by atoms with van der Waals surface area (Å²) < 4.78 is 5.87. The van der Waals surface area contributed by atoms with Crippen LogP contribution in [0.3, 0.4) is 0 Å². The fraction of sp³-hybridized carbons (Fsp3) is 0.368. The molecule has 4 rings (SSSR count). The van der Waals surface area contributed by atoms with Crippen molar-refractivity contribution in [2.75, 3.05) is 26.2 Å². The van der Waals surface area contributed by atoms with Crippen molar-refractivity contribution in [1.82, 2.24) is 19.9 Å². The highest BCUT2D eigenvalue weighted by atomic mass is 35.5. The second-order valence-electron chi connectivity index (χ2n) is 6.38. The van der Waals surface area contributed by atoms with Gasteiger partial charge in [-0.15, -0.1) is 0 Å². The number of halogens is 1. The summed E-state index contributed by atoms with van der Waals surface area (Å²) in [4.78, 5) is 14.5. The van der Waals surface area contributed by atoms with Crippen molar-refractivity contribution >= 4 is 22.8 Å². The molecule has 1 N–H and O–H groups in total. The van der Waals surface area contributed by atoms with Gasteiger partial charge in [-0.2, -0.15) is 0 Å². The summed E-state index contributed by atoms with van der Waals surface area (Å²) in [5, 5.41) is 0.586. The van der Waals surface area contributed by atoms with Crippen LogP contribution in [0.25, 0.3) is 22.6 Å². The van der Waals surface area contributed by atoms with Gasteiger partial charge in [-0.1, -0.05) is 18.0 Å². The molecule has 2 aromatic heterocycles. The first-order chi connectivity index (χ1) is 12.3. The zero-order valence-electron chi connectivity index (χ0n) is 14.0. The van der Waals surface area contributed by atoms with Crippen LogP contribution >= 0.6 is 11.6 Å². The van der Waals surface area contributed by atoms with Crippen LogP contribution in [-0.2, 0) is 0 Å². The van der Waals surface area contributed by atoms with E-state index in [1.807, 2.05) is 30.3 Å². The van der Waals surface area contributed by atoms with E-state index in [9.17, 15) is 0 Å². The summed E-state index contributed by atoms with van der Waals surface area (Å²) in [7, 11) is 0. The topological polar surface area (TPSA) is 54.0 Å². The SMILES string of the molecule is Clc1cnc2[nH]c(-c3ccc(OCCN4CCCCC4)cc3)nc2c1. The van der Waals surface area contributed by atoms with Crippen molar-refractivity contribution in [3.63, 3.8) is 0 Å². The Kier molecular flexibility index (Phi) is 4.85. The number of hydrogen-bond donors (Lipinski definition) is 1. The lowest BCUT2D eigenvalue weighted by molar-refractivity contribution is 0.183. The number of piperidine rings is 1. The number of benzene rings is 1. The summed E-state index contributed by atoms with van der Waals surface area (Å²) in [6.07, 6.45) is 5.60. The monoisotopic (exact) mass is 356 g/mol. The molecule has 3 aromatic rings. The number of aromatic nitrogens is 3. The molecule has 3 heterocycles. The fourth-order valence-electron chi connectivity index (χ4n) is 3.19. The van der Waals surface area contributed by atoms with Gasteiger partial charge in [-0.3, -0.25) is 4.90 Å². The average Bonchev–Trinajstić information content (AvgIpc) is 3.06. The number of rotatable bonds is 5. The molecular formula is C19H21ClN4O. The molecule has 0 radical (unpaired) electrons. The first-order valence-electron chi connectivity index (χ1n) is 8.75. The fourth-order valence-corrected chi connectivity index (χ4v) is 3.34. The van der Waals surface area contributed by atoms with E-state index in [0.29, 0.717) is 5.02 Å². The smallest absolute Gasteiger partial charge is 0.157 e. The van der Waals surface area contributed by atoms with E-state index in [0.717, 1.165) is 41.5 Å². The van der Waals surface area contributed by atoms with Crippen LogP contribution < -0.4 is 4.74 Å². The molecule has 0 unspecified atom stereocenters. The molecule has 5 nitrogen and oxygen atoms in total. The number of H-pyrrole nitrogens is 1. The van der Waals surface area contributed by atoms with Crippen molar-refractivity contribution in [1.29, 1.82) is 0 Å². The van der Waals surface area contributed by atoms with Gasteiger partial charge in [0, 0.05) is 18.3 Å². The zero-order valence-corrected chi connectivity index (χ0v) is 14.8. The number of pyridine rings is 1. The van der Waals surface area contributed by atoms with E-state index >= 15 is 0 Å². The third-order valence-corrected chi connectivity index (χ3v) is 4.76. The Morgan fingerprint density at radius 3 is 2.72 bits per heavy atom. The highest BCUT2D eigenvalue weighted by Gasteiger charge is 2.10. The Bertz CT molecular complexity index is 840. The van der Waals surface area contributed by atoms with Crippen LogP contribution in [0.1, 0.15) is 19.3 Å². The Morgan fingerprint density at radius 1 is 1.12 bits per heavy atom. The third kappa shape index (κ3) is 3.94. The third-order valence-electron chi connectivity index (χ3n) is 4.56. The highest BCUT2D eigenvalue weighted by molar-refractivity contribution is 6.31. The van der Waals surface area contributed by atoms with Crippen molar-refractivity contribution in [3.8, 4) is 17.1 Å². The largest absolute Gasteiger partial charge is 0.492 e. The predicted octanol–water partition coefficient (Wildman–Crippen LogP) is 4.14. The van der Waals surface area contributed by atoms with Gasteiger partial charge in [0.1, 0.15) is 23.7 Å². The zero-order chi connectivity index (χ0) is 17.1. The van der Waals surface area contributed by atoms with E-state index in [1.165, 1.54) is 32.4 Å². The van der Waals surface area contributed by atoms with Gasteiger partial charge in [-0.05, 0) is 56.3 Å². The number of ether oxygens (including phenoxy) is 1. The summed E-state index contributed by atoms with van der Waals surface area (Å²) in [5.74, 6) is 1.67. The van der Waals surface area contributed by atoms with E-state index < -0.39 is 0 Å². The Morgan fingerprint density at radius 2 is 1.92 bits per heavy atom. The second-order valence-corrected chi connectivity index (χ2v) is 6.82. The lowest BCUT2D eigenvalue weighted by Gasteiger charge is -2.26. The minimum absolute atomic E-state index is 0.586. The molecule has 1 aromatic carbocycles. The number of nitrogens with zero attached hydrogens (tertiary/aromatic N) is 3. The van der Waals surface area contributed by atoms with Gasteiger partial charge < -0.3 is 9.72 Å². The Labute approximate surface area is 152 Å². The molecule has 130 valence electrons. The number of nitrogens with one attached hydrogen (secondary N) is 1. The molecule has 0 amide bonds. The number of aromatic amines is 1. The van der Waals surface area contributed by atoms with Crippen LogP contribution in [0, 0.1) is 0 Å². The van der Waals surface area contributed by atoms with Gasteiger partial charge in [0.05, 0.1) is 5.02 Å². The van der Waals surface area contributed by atoms with Crippen LogP contribution in [0.5, 0.6) is 5.75 Å². The van der Waals surface area contributed by atoms with Crippen molar-refractivity contribution < 1.29 is 4.74 Å². The molecule has 1 aliphatic rings. The van der Waals surface area contributed by atoms with E-state index in [-0.39, 0.29) is 0 Å². The second kappa shape index (κ2) is 7.42. The quantitative estimate of drug-likeness (QED) is 0.746. The van der Waals surface area contributed by atoms with E-state index in [4.69, 9.17) is 16.3 Å². The van der Waals surface area contributed by atoms with E-state index in [2.05, 4.69) is 19.9 Å². The van der Waals surface area contributed by atoms with Gasteiger partial charge in [0.25, 0.3) is 0 Å². The van der Waals surface area contributed by atoms with Crippen molar-refractivity contribution in [3.05, 3.63) is 41.6 Å². The number of hydrogen-bond acceptors (Lipinski definition) is 4. The molecule has 0 spiro atoms. The molecular weight excluding hydrogens is 336 g/mol. The van der Waals surface area contributed by atoms with Crippen molar-refractivity contribution in [2.24, 2.45) is 0 Å². The first-order valence-corrected chi connectivity index (χ1v) is 9.12. The number of fused-ring (bicyclic) bond motifs is 1. The maximum Gasteiger partial charge on any atom is 0.157 e. The summed E-state index contributed by atoms with van der Waals surface area (Å²) in [5.41, 5.74) is 2.50. The Hall–Kier alpha value is -2.11. The number of likely N-dealkylation sites (tertiary alicyclic amines) is 1. The Balaban J connectivity index is 1.38. The molecule has 25 heavy (non-hydrogen) atoms. The lowest BCUT2D eigenvalue weighted by Crippen LogP contribution is -2.33. The van der Waals surface area contributed by atoms with Gasteiger partial charge >= 0.3 is 0 Å². The maximum absolute atomic E-state index is 5.96. The minimum Gasteiger partial charge on any atom is -0.492 e. The van der Waals surface area contributed by atoms with Gasteiger partial charge in [-0.25, -0.2) is 9.97 Å². The van der Waals surface area contributed by atoms with Crippen LogP contribution in [0.2, 0.25) is 5.02 Å². The lowest BCUT2D eigenvalue weighted by atomic mass is 10.1. The number of imidazole rings is 1. The molecule has 1 saturated heterocycles. The van der Waals surface area contributed by atoms with Gasteiger partial charge in [0.2, 0.25) is 0 Å². The molecule has 1 fully saturated rings. The van der Waals surface area contributed by atoms with Crippen LogP contribution in [0.4, 0.5) is 0 Å². The standard InChI is InChI=1S/C19H21ClN4O/c20-15-12-17-19(21-13-15)23-18(22-17)14-4-6-16(7-5-14)25-11-10-24-8-2-1-3-9-24/h4-7,12-13H,1-3,8-11H2,(H,21,22,23). The molecule has 0 atom stereocenters. The van der Waals surface area contributed by atoms with Crippen LogP contribution in [-0.4, -0.2) is 46.1 Å². The first kappa shape index (κ1) is 16.4.